The first kappa shape index (κ1) is 28.5. The third-order valence-electron chi connectivity index (χ3n) is 7.90. The zero-order valence-electron chi connectivity index (χ0n) is 23.4. The van der Waals surface area contributed by atoms with Crippen molar-refractivity contribution in [2.45, 2.75) is 10.4 Å². The normalized spacial score (nSPS) is 19.0. The fraction of sp³-hybridized carbons (Fsp3) is 0.310. The van der Waals surface area contributed by atoms with Crippen LogP contribution in [0.1, 0.15) is 11.1 Å². The molecule has 4 aromatic rings. The van der Waals surface area contributed by atoms with Crippen LogP contribution in [0.3, 0.4) is 0 Å². The van der Waals surface area contributed by atoms with Crippen molar-refractivity contribution in [2.24, 2.45) is 0 Å². The molecule has 4 heterocycles. The van der Waals surface area contributed by atoms with E-state index in [1.807, 2.05) is 23.6 Å². The highest BCUT2D eigenvalue weighted by Crippen LogP contribution is 2.52. The maximum Gasteiger partial charge on any atom is 0.268 e. The summed E-state index contributed by atoms with van der Waals surface area (Å²) in [4.78, 5) is 13.6. The maximum absolute atomic E-state index is 14.5. The monoisotopic (exact) mass is 627 g/mol. The molecule has 0 bridgehead atoms. The van der Waals surface area contributed by atoms with Crippen LogP contribution in [0.2, 0.25) is 5.02 Å². The summed E-state index contributed by atoms with van der Waals surface area (Å²) in [7, 11) is 0.425. The highest BCUT2D eigenvalue weighted by atomic mass is 35.5. The summed E-state index contributed by atoms with van der Waals surface area (Å²) >= 11 is 8.22. The molecule has 13 heteroatoms. The number of rotatable bonds is 8. The maximum atomic E-state index is 14.5. The second-order valence-corrected chi connectivity index (χ2v) is 13.0. The Hall–Kier alpha value is -3.58. The fourth-order valence-corrected chi connectivity index (χ4v) is 8.46. The number of hydrogen-bond acceptors (Lipinski definition) is 10. The van der Waals surface area contributed by atoms with Crippen LogP contribution in [0.15, 0.2) is 71.2 Å². The van der Waals surface area contributed by atoms with Crippen molar-refractivity contribution in [3.63, 3.8) is 0 Å². The number of methoxy groups -OCH3 is 3. The van der Waals surface area contributed by atoms with Gasteiger partial charge >= 0.3 is 0 Å². The minimum atomic E-state index is -4.11. The first-order valence-corrected chi connectivity index (χ1v) is 16.0. The minimum absolute atomic E-state index is 0.0363. The second-order valence-electron chi connectivity index (χ2n) is 9.90. The van der Waals surface area contributed by atoms with Gasteiger partial charge in [-0.15, -0.1) is 11.3 Å². The van der Waals surface area contributed by atoms with Crippen molar-refractivity contribution in [3.05, 3.63) is 82.5 Å². The number of ether oxygens (including phenoxy) is 3. The summed E-state index contributed by atoms with van der Waals surface area (Å²) in [6.07, 6.45) is 3.47. The van der Waals surface area contributed by atoms with Gasteiger partial charge in [0.15, 0.2) is 5.13 Å². The zero-order chi connectivity index (χ0) is 29.5. The van der Waals surface area contributed by atoms with Crippen molar-refractivity contribution in [3.8, 4) is 17.4 Å². The van der Waals surface area contributed by atoms with Crippen LogP contribution in [-0.4, -0.2) is 77.3 Å². The van der Waals surface area contributed by atoms with Gasteiger partial charge in [-0.2, -0.15) is 0 Å². The quantitative estimate of drug-likeness (QED) is 0.280. The third kappa shape index (κ3) is 4.62. The van der Waals surface area contributed by atoms with Crippen LogP contribution in [0.5, 0.6) is 17.4 Å². The lowest BCUT2D eigenvalue weighted by Gasteiger charge is -2.46. The number of thiazole rings is 1. The van der Waals surface area contributed by atoms with E-state index in [0.717, 1.165) is 16.3 Å². The van der Waals surface area contributed by atoms with Crippen molar-refractivity contribution >= 4 is 43.8 Å². The zero-order valence-corrected chi connectivity index (χ0v) is 25.7. The summed E-state index contributed by atoms with van der Waals surface area (Å²) < 4.78 is 47.1. The number of aromatic nitrogens is 2. The molecule has 1 saturated heterocycles. The average molecular weight is 628 g/mol. The number of anilines is 2. The lowest BCUT2D eigenvalue weighted by atomic mass is 9.82. The van der Waals surface area contributed by atoms with E-state index in [9.17, 15) is 8.42 Å². The van der Waals surface area contributed by atoms with Crippen molar-refractivity contribution < 1.29 is 22.6 Å². The number of nitrogens with zero attached hydrogens (tertiary/aromatic N) is 5. The second kappa shape index (κ2) is 11.3. The summed E-state index contributed by atoms with van der Waals surface area (Å²) in [6, 6.07) is 13.8. The Kier molecular flexibility index (Phi) is 7.64. The molecule has 10 nitrogen and oxygen atoms in total. The predicted octanol–water partition coefficient (Wildman–Crippen LogP) is 4.49. The summed E-state index contributed by atoms with van der Waals surface area (Å²) in [5.41, 5.74) is 1.12. The molecule has 2 aliphatic heterocycles. The molecule has 1 unspecified atom stereocenters. The first-order valence-electron chi connectivity index (χ1n) is 13.3. The van der Waals surface area contributed by atoms with E-state index >= 15 is 0 Å². The number of piperazine rings is 1. The molecule has 0 saturated carbocycles. The van der Waals surface area contributed by atoms with Gasteiger partial charge in [0.1, 0.15) is 16.4 Å². The lowest BCUT2D eigenvalue weighted by Crippen LogP contribution is -2.58. The molecule has 0 amide bonds. The summed E-state index contributed by atoms with van der Waals surface area (Å²) in [5.74, 6) is 1.11. The van der Waals surface area contributed by atoms with Crippen molar-refractivity contribution in [2.75, 3.05) is 63.3 Å². The van der Waals surface area contributed by atoms with E-state index in [2.05, 4.69) is 19.8 Å². The SMILES string of the molecule is COc1ccc(S(=O)(=O)N2CC(c3cccnc3OC)(N3CCN(c4nccs4)CC3)c3cc(Cl)ccc32)c(OC)c1. The number of halogens is 1. The summed E-state index contributed by atoms with van der Waals surface area (Å²) in [5, 5.41) is 3.44. The van der Waals surface area contributed by atoms with Gasteiger partial charge in [0.05, 0.1) is 39.1 Å². The Morgan fingerprint density at radius 2 is 1.71 bits per heavy atom. The lowest BCUT2D eigenvalue weighted by molar-refractivity contribution is 0.124. The number of pyridine rings is 1. The molecule has 220 valence electrons. The smallest absolute Gasteiger partial charge is 0.268 e. The van der Waals surface area contributed by atoms with Gasteiger partial charge in [-0.3, -0.25) is 9.21 Å². The Labute approximate surface area is 254 Å². The highest BCUT2D eigenvalue weighted by Gasteiger charge is 2.54. The van der Waals surface area contributed by atoms with Crippen LogP contribution in [0.25, 0.3) is 0 Å². The molecule has 6 rings (SSSR count). The van der Waals surface area contributed by atoms with Gasteiger partial charge in [-0.1, -0.05) is 11.6 Å². The topological polar surface area (TPSA) is 97.3 Å². The molecule has 0 radical (unpaired) electrons. The molecule has 1 fully saturated rings. The molecule has 0 aliphatic carbocycles. The molecule has 2 aliphatic rings. The Balaban J connectivity index is 1.52. The largest absolute Gasteiger partial charge is 0.497 e. The van der Waals surface area contributed by atoms with Crippen LogP contribution >= 0.6 is 22.9 Å². The standard InChI is InChI=1S/C29H30ClN5O5S2/c1-38-21-7-9-26(25(18-21)39-2)42(36,37)35-19-29(22-5-4-10-31-27(22)40-3,23-17-20(30)6-8-24(23)35)34-14-12-33(13-15-34)28-32-11-16-41-28/h4-11,16-18H,12-15,19H2,1-3H3. The van der Waals surface area contributed by atoms with Gasteiger partial charge < -0.3 is 19.1 Å². The number of benzene rings is 2. The van der Waals surface area contributed by atoms with Crippen molar-refractivity contribution in [1.82, 2.24) is 14.9 Å². The first-order chi connectivity index (χ1) is 20.3. The van der Waals surface area contributed by atoms with E-state index in [0.29, 0.717) is 48.5 Å². The molecule has 1 atom stereocenters. The van der Waals surface area contributed by atoms with Gasteiger partial charge in [0.25, 0.3) is 10.0 Å². The van der Waals surface area contributed by atoms with E-state index in [4.69, 9.17) is 25.8 Å². The Morgan fingerprint density at radius 3 is 2.40 bits per heavy atom. The molecule has 2 aromatic heterocycles. The van der Waals surface area contributed by atoms with Crippen LogP contribution < -0.4 is 23.4 Å². The Morgan fingerprint density at radius 1 is 0.905 bits per heavy atom. The van der Waals surface area contributed by atoms with Gasteiger partial charge in [0.2, 0.25) is 5.88 Å². The predicted molar refractivity (Wildman–Crippen MR) is 163 cm³/mol. The number of hydrogen-bond donors (Lipinski definition) is 0. The van der Waals surface area contributed by atoms with E-state index in [1.54, 1.807) is 55.1 Å². The molecule has 0 spiro atoms. The summed E-state index contributed by atoms with van der Waals surface area (Å²) in [6.45, 7) is 2.80. The number of sulfonamides is 1. The van der Waals surface area contributed by atoms with Crippen LogP contribution in [0.4, 0.5) is 10.8 Å². The molecule has 0 N–H and O–H groups in total. The van der Waals surface area contributed by atoms with E-state index in [-0.39, 0.29) is 17.2 Å². The van der Waals surface area contributed by atoms with E-state index < -0.39 is 15.6 Å². The van der Waals surface area contributed by atoms with Crippen LogP contribution in [0, 0.1) is 0 Å². The average Bonchev–Trinajstić information content (AvgIpc) is 3.68. The fourth-order valence-electron chi connectivity index (χ4n) is 5.95. The highest BCUT2D eigenvalue weighted by molar-refractivity contribution is 7.93. The van der Waals surface area contributed by atoms with Crippen molar-refractivity contribution in [1.29, 1.82) is 0 Å². The van der Waals surface area contributed by atoms with Gasteiger partial charge in [-0.25, -0.2) is 18.4 Å². The van der Waals surface area contributed by atoms with Crippen LogP contribution in [-0.2, 0) is 15.6 Å². The molecular weight excluding hydrogens is 598 g/mol. The molecule has 42 heavy (non-hydrogen) atoms. The molecule has 2 aromatic carbocycles. The molecular formula is C29H30ClN5O5S2. The minimum Gasteiger partial charge on any atom is -0.497 e. The van der Waals surface area contributed by atoms with E-state index in [1.165, 1.54) is 24.6 Å². The Bertz CT molecular complexity index is 1700. The number of fused-ring (bicyclic) bond motifs is 1. The third-order valence-corrected chi connectivity index (χ3v) is 10.8. The van der Waals surface area contributed by atoms with Gasteiger partial charge in [-0.05, 0) is 42.5 Å². The van der Waals surface area contributed by atoms with Gasteiger partial charge in [0, 0.05) is 66.2 Å².